The van der Waals surface area contributed by atoms with Crippen LogP contribution in [-0.2, 0) is 6.42 Å². The third-order valence-electron chi connectivity index (χ3n) is 2.33. The third kappa shape index (κ3) is 3.38. The van der Waals surface area contributed by atoms with E-state index < -0.39 is 0 Å². The van der Waals surface area contributed by atoms with Crippen molar-refractivity contribution in [2.24, 2.45) is 5.73 Å². The van der Waals surface area contributed by atoms with Gasteiger partial charge in [0.25, 0.3) is 0 Å². The summed E-state index contributed by atoms with van der Waals surface area (Å²) in [5.74, 6) is 0.373. The second kappa shape index (κ2) is 4.01. The van der Waals surface area contributed by atoms with Gasteiger partial charge in [-0.3, -0.25) is 0 Å². The minimum Gasteiger partial charge on any atom is -0.508 e. The van der Waals surface area contributed by atoms with Gasteiger partial charge in [-0.05, 0) is 50.8 Å². The Morgan fingerprint density at radius 2 is 2.00 bits per heavy atom. The number of nitrogens with two attached hydrogens (primary N) is 1. The summed E-state index contributed by atoms with van der Waals surface area (Å²) in [6.45, 7) is 5.92. The molecule has 1 aromatic carbocycles. The molecule has 0 bridgehead atoms. The molecule has 3 N–H and O–H groups in total. The van der Waals surface area contributed by atoms with Gasteiger partial charge < -0.3 is 10.8 Å². The highest BCUT2D eigenvalue weighted by Crippen LogP contribution is 2.19. The number of phenolic OH excluding ortho intramolecular Hbond substituents is 1. The van der Waals surface area contributed by atoms with Crippen LogP contribution in [0.1, 0.15) is 31.4 Å². The van der Waals surface area contributed by atoms with Crippen LogP contribution in [0.3, 0.4) is 0 Å². The van der Waals surface area contributed by atoms with Crippen LogP contribution in [0.25, 0.3) is 0 Å². The Labute approximate surface area is 85.8 Å². The number of phenols is 1. The molecule has 0 aromatic heterocycles. The summed E-state index contributed by atoms with van der Waals surface area (Å²) in [7, 11) is 0. The van der Waals surface area contributed by atoms with Crippen molar-refractivity contribution in [1.82, 2.24) is 0 Å². The predicted molar refractivity (Wildman–Crippen MR) is 59.4 cm³/mol. The monoisotopic (exact) mass is 193 g/mol. The van der Waals surface area contributed by atoms with Crippen molar-refractivity contribution >= 4 is 0 Å². The lowest BCUT2D eigenvalue weighted by atomic mass is 9.96. The topological polar surface area (TPSA) is 46.2 Å². The summed E-state index contributed by atoms with van der Waals surface area (Å²) in [5.41, 5.74) is 7.81. The standard InChI is InChI=1S/C12H19NO/c1-9-4-5-10(8-11(9)14)6-7-12(2,3)13/h4-5,8,14H,6-7,13H2,1-3H3. The molecule has 0 amide bonds. The molecule has 1 rings (SSSR count). The minimum atomic E-state index is -0.138. The summed E-state index contributed by atoms with van der Waals surface area (Å²) in [5, 5.41) is 9.50. The van der Waals surface area contributed by atoms with E-state index in [2.05, 4.69) is 0 Å². The number of benzene rings is 1. The molecule has 0 aliphatic rings. The first-order valence-electron chi connectivity index (χ1n) is 4.96. The summed E-state index contributed by atoms with van der Waals surface area (Å²) in [6, 6.07) is 5.80. The van der Waals surface area contributed by atoms with Gasteiger partial charge in [-0.25, -0.2) is 0 Å². The number of hydrogen-bond acceptors (Lipinski definition) is 2. The molecule has 0 radical (unpaired) electrons. The number of hydrogen-bond donors (Lipinski definition) is 2. The molecule has 0 heterocycles. The van der Waals surface area contributed by atoms with Crippen LogP contribution in [-0.4, -0.2) is 10.6 Å². The van der Waals surface area contributed by atoms with E-state index in [1.807, 2.05) is 39.0 Å². The van der Waals surface area contributed by atoms with Crippen molar-refractivity contribution in [2.75, 3.05) is 0 Å². The van der Waals surface area contributed by atoms with Crippen LogP contribution in [0.15, 0.2) is 18.2 Å². The van der Waals surface area contributed by atoms with Gasteiger partial charge in [0.2, 0.25) is 0 Å². The van der Waals surface area contributed by atoms with Crippen molar-refractivity contribution in [2.45, 2.75) is 39.2 Å². The minimum absolute atomic E-state index is 0.138. The Bertz CT molecular complexity index is 313. The molecule has 0 unspecified atom stereocenters. The second-order valence-electron chi connectivity index (χ2n) is 4.61. The molecule has 0 atom stereocenters. The summed E-state index contributed by atoms with van der Waals surface area (Å²) in [6.07, 6.45) is 1.84. The Morgan fingerprint density at radius 1 is 1.36 bits per heavy atom. The Balaban J connectivity index is 2.65. The van der Waals surface area contributed by atoms with E-state index in [1.165, 1.54) is 0 Å². The van der Waals surface area contributed by atoms with Gasteiger partial charge in [0.05, 0.1) is 0 Å². The maximum Gasteiger partial charge on any atom is 0.118 e. The molecule has 0 fully saturated rings. The molecular formula is C12H19NO. The van der Waals surface area contributed by atoms with E-state index in [0.29, 0.717) is 5.75 Å². The molecule has 0 saturated heterocycles. The first-order chi connectivity index (χ1) is 6.38. The van der Waals surface area contributed by atoms with E-state index in [-0.39, 0.29) is 5.54 Å². The highest BCUT2D eigenvalue weighted by molar-refractivity contribution is 5.35. The van der Waals surface area contributed by atoms with Gasteiger partial charge in [0.15, 0.2) is 0 Å². The molecule has 78 valence electrons. The number of aryl methyl sites for hydroxylation is 2. The molecule has 0 saturated carbocycles. The lowest BCUT2D eigenvalue weighted by molar-refractivity contribution is 0.464. The van der Waals surface area contributed by atoms with Gasteiger partial charge in [-0.15, -0.1) is 0 Å². The number of rotatable bonds is 3. The highest BCUT2D eigenvalue weighted by Gasteiger charge is 2.10. The fourth-order valence-corrected chi connectivity index (χ4v) is 1.28. The van der Waals surface area contributed by atoms with E-state index in [9.17, 15) is 5.11 Å². The molecule has 1 aromatic rings. The number of aromatic hydroxyl groups is 1. The van der Waals surface area contributed by atoms with Crippen molar-refractivity contribution in [3.63, 3.8) is 0 Å². The zero-order chi connectivity index (χ0) is 10.8. The summed E-state index contributed by atoms with van der Waals surface area (Å²) < 4.78 is 0. The van der Waals surface area contributed by atoms with Crippen LogP contribution in [0.4, 0.5) is 0 Å². The van der Waals surface area contributed by atoms with Gasteiger partial charge in [-0.2, -0.15) is 0 Å². The van der Waals surface area contributed by atoms with Gasteiger partial charge >= 0.3 is 0 Å². The lowest BCUT2D eigenvalue weighted by Crippen LogP contribution is -2.32. The molecular weight excluding hydrogens is 174 g/mol. The van der Waals surface area contributed by atoms with Crippen molar-refractivity contribution in [3.8, 4) is 5.75 Å². The average molecular weight is 193 g/mol. The summed E-state index contributed by atoms with van der Waals surface area (Å²) in [4.78, 5) is 0. The third-order valence-corrected chi connectivity index (χ3v) is 2.33. The Hall–Kier alpha value is -1.02. The first-order valence-corrected chi connectivity index (χ1v) is 4.96. The maximum atomic E-state index is 9.50. The normalized spacial score (nSPS) is 11.7. The second-order valence-corrected chi connectivity index (χ2v) is 4.61. The largest absolute Gasteiger partial charge is 0.508 e. The fourth-order valence-electron chi connectivity index (χ4n) is 1.28. The Kier molecular flexibility index (Phi) is 3.17. The van der Waals surface area contributed by atoms with Crippen LogP contribution in [0.2, 0.25) is 0 Å². The molecule has 2 nitrogen and oxygen atoms in total. The fraction of sp³-hybridized carbons (Fsp3) is 0.500. The summed E-state index contributed by atoms with van der Waals surface area (Å²) >= 11 is 0. The van der Waals surface area contributed by atoms with Crippen LogP contribution < -0.4 is 5.73 Å². The first kappa shape index (κ1) is 11.1. The van der Waals surface area contributed by atoms with Crippen molar-refractivity contribution in [3.05, 3.63) is 29.3 Å². The SMILES string of the molecule is Cc1ccc(CCC(C)(C)N)cc1O. The van der Waals surface area contributed by atoms with Crippen LogP contribution >= 0.6 is 0 Å². The Morgan fingerprint density at radius 3 is 2.50 bits per heavy atom. The van der Waals surface area contributed by atoms with E-state index in [0.717, 1.165) is 24.0 Å². The zero-order valence-corrected chi connectivity index (χ0v) is 9.17. The smallest absolute Gasteiger partial charge is 0.118 e. The predicted octanol–water partition coefficient (Wildman–Crippen LogP) is 2.37. The maximum absolute atomic E-state index is 9.50. The molecule has 14 heavy (non-hydrogen) atoms. The van der Waals surface area contributed by atoms with Crippen molar-refractivity contribution < 1.29 is 5.11 Å². The van der Waals surface area contributed by atoms with E-state index in [1.54, 1.807) is 0 Å². The van der Waals surface area contributed by atoms with Crippen LogP contribution in [0.5, 0.6) is 5.75 Å². The zero-order valence-electron chi connectivity index (χ0n) is 9.17. The van der Waals surface area contributed by atoms with E-state index >= 15 is 0 Å². The quantitative estimate of drug-likeness (QED) is 0.774. The molecule has 0 aliphatic carbocycles. The molecule has 0 spiro atoms. The van der Waals surface area contributed by atoms with Crippen molar-refractivity contribution in [1.29, 1.82) is 0 Å². The molecule has 0 aliphatic heterocycles. The van der Waals surface area contributed by atoms with Gasteiger partial charge in [0.1, 0.15) is 5.75 Å². The van der Waals surface area contributed by atoms with Gasteiger partial charge in [0, 0.05) is 5.54 Å². The highest BCUT2D eigenvalue weighted by atomic mass is 16.3. The van der Waals surface area contributed by atoms with Gasteiger partial charge in [-0.1, -0.05) is 12.1 Å². The molecule has 2 heteroatoms. The van der Waals surface area contributed by atoms with Crippen LogP contribution in [0, 0.1) is 6.92 Å². The lowest BCUT2D eigenvalue weighted by Gasteiger charge is -2.18. The average Bonchev–Trinajstić information content (AvgIpc) is 2.06. The van der Waals surface area contributed by atoms with E-state index in [4.69, 9.17) is 5.73 Å².